The van der Waals surface area contributed by atoms with E-state index in [-0.39, 0.29) is 15.7 Å². The Bertz CT molecular complexity index is 632. The van der Waals surface area contributed by atoms with Crippen LogP contribution in [0.25, 0.3) is 11.1 Å². The van der Waals surface area contributed by atoms with Gasteiger partial charge in [-0.25, -0.2) is 0 Å². The first-order valence-electron chi connectivity index (χ1n) is 4.74. The molecule has 18 heavy (non-hydrogen) atoms. The summed E-state index contributed by atoms with van der Waals surface area (Å²) in [4.78, 5) is 14.0. The molecule has 0 atom stereocenters. The van der Waals surface area contributed by atoms with E-state index in [0.717, 1.165) is 6.20 Å². The number of hydrogen-bond donors (Lipinski definition) is 0. The molecule has 0 amide bonds. The molecule has 0 aliphatic carbocycles. The van der Waals surface area contributed by atoms with E-state index in [1.807, 2.05) is 0 Å². The second kappa shape index (κ2) is 5.10. The van der Waals surface area contributed by atoms with Gasteiger partial charge in [0.2, 0.25) is 0 Å². The van der Waals surface area contributed by atoms with Gasteiger partial charge in [-0.2, -0.15) is 0 Å². The smallest absolute Gasteiger partial charge is 0.258 e. The molecule has 0 bridgehead atoms. The van der Waals surface area contributed by atoms with E-state index in [1.165, 1.54) is 6.20 Å². The Labute approximate surface area is 117 Å². The summed E-state index contributed by atoms with van der Waals surface area (Å²) in [7, 11) is 0. The van der Waals surface area contributed by atoms with Crippen molar-refractivity contribution in [2.45, 2.75) is 0 Å². The minimum Gasteiger partial charge on any atom is -0.258 e. The predicted octanol–water partition coefficient (Wildman–Crippen LogP) is 4.62. The fourth-order valence-electron chi connectivity index (χ4n) is 1.46. The van der Waals surface area contributed by atoms with Crippen LogP contribution in [0.3, 0.4) is 0 Å². The molecule has 0 spiro atoms. The van der Waals surface area contributed by atoms with E-state index >= 15 is 0 Å². The number of nitro groups is 1. The molecule has 0 aliphatic heterocycles. The third kappa shape index (κ3) is 2.27. The average molecular weight is 304 g/mol. The molecular weight excluding hydrogens is 298 g/mol. The number of halogens is 3. The van der Waals surface area contributed by atoms with Crippen molar-refractivity contribution in [3.05, 3.63) is 55.8 Å². The zero-order chi connectivity index (χ0) is 13.3. The summed E-state index contributed by atoms with van der Waals surface area (Å²) in [5, 5.41) is 11.4. The van der Waals surface area contributed by atoms with Crippen LogP contribution in [-0.4, -0.2) is 9.91 Å². The van der Waals surface area contributed by atoms with Crippen molar-refractivity contribution in [2.24, 2.45) is 0 Å². The highest BCUT2D eigenvalue weighted by atomic mass is 35.5. The van der Waals surface area contributed by atoms with Gasteiger partial charge in [0.25, 0.3) is 0 Å². The van der Waals surface area contributed by atoms with Gasteiger partial charge < -0.3 is 0 Å². The van der Waals surface area contributed by atoms with Crippen LogP contribution in [0.4, 0.5) is 5.69 Å². The van der Waals surface area contributed by atoms with Gasteiger partial charge in [-0.15, -0.1) is 0 Å². The molecule has 1 aromatic heterocycles. The highest BCUT2D eigenvalue weighted by molar-refractivity contribution is 6.44. The Hall–Kier alpha value is -1.36. The summed E-state index contributed by atoms with van der Waals surface area (Å²) < 4.78 is 0. The number of aromatic nitrogens is 1. The van der Waals surface area contributed by atoms with E-state index in [4.69, 9.17) is 34.8 Å². The van der Waals surface area contributed by atoms with Crippen molar-refractivity contribution >= 4 is 40.5 Å². The van der Waals surface area contributed by atoms with E-state index in [1.54, 1.807) is 18.2 Å². The molecule has 2 rings (SSSR count). The SMILES string of the molecule is O=[N+]([O-])c1cncc(-c2cccc(Cl)c2Cl)c1Cl. The molecular formula is C11H5Cl3N2O2. The van der Waals surface area contributed by atoms with Crippen LogP contribution < -0.4 is 0 Å². The number of benzene rings is 1. The Morgan fingerprint density at radius 2 is 1.78 bits per heavy atom. The zero-order valence-corrected chi connectivity index (χ0v) is 11.0. The Balaban J connectivity index is 2.69. The van der Waals surface area contributed by atoms with Crippen LogP contribution in [0.5, 0.6) is 0 Å². The normalized spacial score (nSPS) is 10.4. The van der Waals surface area contributed by atoms with Crippen molar-refractivity contribution in [1.82, 2.24) is 4.98 Å². The van der Waals surface area contributed by atoms with E-state index in [0.29, 0.717) is 16.1 Å². The highest BCUT2D eigenvalue weighted by Crippen LogP contribution is 2.39. The average Bonchev–Trinajstić information content (AvgIpc) is 2.33. The van der Waals surface area contributed by atoms with Crippen LogP contribution >= 0.6 is 34.8 Å². The number of hydrogen-bond acceptors (Lipinski definition) is 3. The van der Waals surface area contributed by atoms with E-state index < -0.39 is 4.92 Å². The van der Waals surface area contributed by atoms with Gasteiger partial charge in [-0.05, 0) is 6.07 Å². The molecule has 2 aromatic rings. The zero-order valence-electron chi connectivity index (χ0n) is 8.73. The first-order valence-corrected chi connectivity index (χ1v) is 5.88. The van der Waals surface area contributed by atoms with Crippen molar-refractivity contribution in [3.63, 3.8) is 0 Å². The second-order valence-corrected chi connectivity index (χ2v) is 4.54. The molecule has 0 fully saturated rings. The Morgan fingerprint density at radius 3 is 2.44 bits per heavy atom. The summed E-state index contributed by atoms with van der Waals surface area (Å²) in [6.45, 7) is 0. The van der Waals surface area contributed by atoms with Gasteiger partial charge in [0.05, 0.1) is 15.0 Å². The number of rotatable bonds is 2. The predicted molar refractivity (Wildman–Crippen MR) is 71.4 cm³/mol. The maximum atomic E-state index is 10.8. The molecule has 0 saturated carbocycles. The molecule has 0 aliphatic rings. The van der Waals surface area contributed by atoms with Gasteiger partial charge in [0.15, 0.2) is 0 Å². The first kappa shape index (κ1) is 13.1. The largest absolute Gasteiger partial charge is 0.306 e. The topological polar surface area (TPSA) is 56.0 Å². The Kier molecular flexibility index (Phi) is 3.71. The molecule has 7 heteroatoms. The van der Waals surface area contributed by atoms with Crippen molar-refractivity contribution < 1.29 is 4.92 Å². The summed E-state index contributed by atoms with van der Waals surface area (Å²) in [6, 6.07) is 4.96. The molecule has 0 N–H and O–H groups in total. The van der Waals surface area contributed by atoms with Crippen molar-refractivity contribution in [3.8, 4) is 11.1 Å². The van der Waals surface area contributed by atoms with Gasteiger partial charge >= 0.3 is 5.69 Å². The molecule has 0 saturated heterocycles. The lowest BCUT2D eigenvalue weighted by atomic mass is 10.1. The fraction of sp³-hybridized carbons (Fsp3) is 0. The van der Waals surface area contributed by atoms with Crippen LogP contribution in [0.15, 0.2) is 30.6 Å². The van der Waals surface area contributed by atoms with Gasteiger partial charge in [0.1, 0.15) is 11.2 Å². The monoisotopic (exact) mass is 302 g/mol. The van der Waals surface area contributed by atoms with E-state index in [9.17, 15) is 10.1 Å². The summed E-state index contributed by atoms with van der Waals surface area (Å²) in [5.41, 5.74) is 0.606. The van der Waals surface area contributed by atoms with Crippen molar-refractivity contribution in [1.29, 1.82) is 0 Å². The van der Waals surface area contributed by atoms with Crippen molar-refractivity contribution in [2.75, 3.05) is 0 Å². The quantitative estimate of drug-likeness (QED) is 0.601. The molecule has 4 nitrogen and oxygen atoms in total. The van der Waals surface area contributed by atoms with Crippen LogP contribution in [-0.2, 0) is 0 Å². The minimum atomic E-state index is -0.600. The molecule has 0 radical (unpaired) electrons. The van der Waals surface area contributed by atoms with Gasteiger partial charge in [-0.1, -0.05) is 46.9 Å². The maximum Gasteiger partial charge on any atom is 0.306 e. The number of nitrogens with zero attached hydrogens (tertiary/aromatic N) is 2. The van der Waals surface area contributed by atoms with Crippen LogP contribution in [0, 0.1) is 10.1 Å². The van der Waals surface area contributed by atoms with Crippen LogP contribution in [0.1, 0.15) is 0 Å². The van der Waals surface area contributed by atoms with Gasteiger partial charge in [-0.3, -0.25) is 15.1 Å². The molecule has 92 valence electrons. The lowest BCUT2D eigenvalue weighted by Gasteiger charge is -2.07. The molecule has 1 heterocycles. The maximum absolute atomic E-state index is 10.8. The third-order valence-corrected chi connectivity index (χ3v) is 3.52. The summed E-state index contributed by atoms with van der Waals surface area (Å²) >= 11 is 17.9. The first-order chi connectivity index (χ1) is 8.52. The lowest BCUT2D eigenvalue weighted by Crippen LogP contribution is -1.93. The third-order valence-electron chi connectivity index (χ3n) is 2.30. The molecule has 1 aromatic carbocycles. The summed E-state index contributed by atoms with van der Waals surface area (Å²) in [5.74, 6) is 0. The van der Waals surface area contributed by atoms with Crippen LogP contribution in [0.2, 0.25) is 15.1 Å². The Morgan fingerprint density at radius 1 is 1.06 bits per heavy atom. The molecule has 0 unspecified atom stereocenters. The second-order valence-electron chi connectivity index (χ2n) is 3.38. The summed E-state index contributed by atoms with van der Waals surface area (Å²) in [6.07, 6.45) is 2.50. The lowest BCUT2D eigenvalue weighted by molar-refractivity contribution is -0.385. The van der Waals surface area contributed by atoms with Gasteiger partial charge in [0, 0.05) is 17.3 Å². The minimum absolute atomic E-state index is 0.0147. The number of pyridine rings is 1. The highest BCUT2D eigenvalue weighted by Gasteiger charge is 2.19. The fourth-order valence-corrected chi connectivity index (χ4v) is 2.13. The van der Waals surface area contributed by atoms with E-state index in [2.05, 4.69) is 4.98 Å². The standard InChI is InChI=1S/C11H5Cl3N2O2/c12-8-3-1-2-6(10(8)13)7-4-15-5-9(11(7)14)16(17)18/h1-5H.